The maximum atomic E-state index is 5.95. The van der Waals surface area contributed by atoms with Crippen molar-refractivity contribution in [2.24, 2.45) is 0 Å². The molecule has 0 amide bonds. The number of hydrogen-bond acceptors (Lipinski definition) is 5. The molecule has 0 radical (unpaired) electrons. The quantitative estimate of drug-likeness (QED) is 0.777. The highest BCUT2D eigenvalue weighted by Gasteiger charge is 2.11. The molecule has 2 N–H and O–H groups in total. The summed E-state index contributed by atoms with van der Waals surface area (Å²) in [6, 6.07) is 7.53. The molecule has 98 valence electrons. The van der Waals surface area contributed by atoms with Crippen LogP contribution in [0.25, 0.3) is 11.0 Å². The Bertz CT molecular complexity index is 729. The minimum absolute atomic E-state index is 0.448. The number of nitrogen functional groups attached to an aromatic ring is 1. The van der Waals surface area contributed by atoms with E-state index in [9.17, 15) is 0 Å². The van der Waals surface area contributed by atoms with Gasteiger partial charge >= 0.3 is 0 Å². The third-order valence-corrected chi connectivity index (χ3v) is 2.98. The molecule has 6 nitrogen and oxygen atoms in total. The van der Waals surface area contributed by atoms with Gasteiger partial charge in [-0.3, -0.25) is 0 Å². The lowest BCUT2D eigenvalue weighted by molar-refractivity contribution is 0.389. The average Bonchev–Trinajstić information content (AvgIpc) is 2.94. The first-order valence-electron chi connectivity index (χ1n) is 5.89. The molecule has 0 atom stereocenters. The van der Waals surface area contributed by atoms with E-state index >= 15 is 0 Å². The third-order valence-electron chi connectivity index (χ3n) is 2.98. The first kappa shape index (κ1) is 11.6. The number of rotatable bonds is 3. The summed E-state index contributed by atoms with van der Waals surface area (Å²) >= 11 is 0. The van der Waals surface area contributed by atoms with Crippen LogP contribution in [0.1, 0.15) is 11.5 Å². The van der Waals surface area contributed by atoms with Gasteiger partial charge in [0.05, 0.1) is 24.7 Å². The predicted molar refractivity (Wildman–Crippen MR) is 71.0 cm³/mol. The van der Waals surface area contributed by atoms with Gasteiger partial charge in [0.25, 0.3) is 0 Å². The van der Waals surface area contributed by atoms with E-state index in [0.29, 0.717) is 12.5 Å². The molecule has 19 heavy (non-hydrogen) atoms. The Labute approximate surface area is 109 Å². The van der Waals surface area contributed by atoms with E-state index in [-0.39, 0.29) is 0 Å². The molecule has 2 aromatic heterocycles. The van der Waals surface area contributed by atoms with Gasteiger partial charge in [0.1, 0.15) is 17.2 Å². The molecule has 3 rings (SSSR count). The second-order valence-electron chi connectivity index (χ2n) is 4.34. The normalized spacial score (nSPS) is 11.1. The van der Waals surface area contributed by atoms with Crippen LogP contribution in [0.15, 0.2) is 28.8 Å². The minimum atomic E-state index is 0.448. The van der Waals surface area contributed by atoms with Crippen molar-refractivity contribution in [2.45, 2.75) is 13.5 Å². The lowest BCUT2D eigenvalue weighted by atomic mass is 10.3. The standard InChI is InChI=1S/C13H14N4O2/c1-8-5-9(16-19-8)7-17-12-6-10(18-2)3-4-11(12)15-13(17)14/h3-6H,7H2,1-2H3,(H2,14,15). The Kier molecular flexibility index (Phi) is 2.63. The van der Waals surface area contributed by atoms with Crippen molar-refractivity contribution in [3.63, 3.8) is 0 Å². The maximum absolute atomic E-state index is 5.95. The Hall–Kier alpha value is -2.50. The molecular formula is C13H14N4O2. The first-order chi connectivity index (χ1) is 9.17. The molecule has 6 heteroatoms. The number of imidazole rings is 1. The van der Waals surface area contributed by atoms with Crippen LogP contribution in [0, 0.1) is 6.92 Å². The monoisotopic (exact) mass is 258 g/mol. The molecule has 0 bridgehead atoms. The molecule has 1 aromatic carbocycles. The first-order valence-corrected chi connectivity index (χ1v) is 5.89. The number of aryl methyl sites for hydroxylation is 1. The van der Waals surface area contributed by atoms with Crippen molar-refractivity contribution in [3.8, 4) is 5.75 Å². The number of anilines is 1. The summed E-state index contributed by atoms with van der Waals surface area (Å²) in [5.74, 6) is 1.99. The van der Waals surface area contributed by atoms with Gasteiger partial charge in [-0.25, -0.2) is 4.98 Å². The lowest BCUT2D eigenvalue weighted by Crippen LogP contribution is -2.04. The molecule has 0 fully saturated rings. The summed E-state index contributed by atoms with van der Waals surface area (Å²) in [7, 11) is 1.63. The molecule has 0 aliphatic rings. The van der Waals surface area contributed by atoms with E-state index in [2.05, 4.69) is 10.1 Å². The van der Waals surface area contributed by atoms with E-state index < -0.39 is 0 Å². The van der Waals surface area contributed by atoms with Crippen LogP contribution >= 0.6 is 0 Å². The molecule has 0 unspecified atom stereocenters. The summed E-state index contributed by atoms with van der Waals surface area (Å²) in [6.07, 6.45) is 0. The average molecular weight is 258 g/mol. The van der Waals surface area contributed by atoms with E-state index in [1.165, 1.54) is 0 Å². The maximum Gasteiger partial charge on any atom is 0.201 e. The second-order valence-corrected chi connectivity index (χ2v) is 4.34. The van der Waals surface area contributed by atoms with E-state index in [4.69, 9.17) is 15.0 Å². The minimum Gasteiger partial charge on any atom is -0.497 e. The van der Waals surface area contributed by atoms with Crippen LogP contribution in [0.4, 0.5) is 5.95 Å². The Morgan fingerprint density at radius 1 is 1.37 bits per heavy atom. The van der Waals surface area contributed by atoms with Gasteiger partial charge in [-0.2, -0.15) is 0 Å². The van der Waals surface area contributed by atoms with Crippen LogP contribution in [0.2, 0.25) is 0 Å². The van der Waals surface area contributed by atoms with Crippen LogP contribution in [-0.4, -0.2) is 21.8 Å². The smallest absolute Gasteiger partial charge is 0.201 e. The second kappa shape index (κ2) is 4.31. The highest BCUT2D eigenvalue weighted by molar-refractivity contribution is 5.80. The Balaban J connectivity index is 2.08. The number of fused-ring (bicyclic) bond motifs is 1. The van der Waals surface area contributed by atoms with Gasteiger partial charge in [0.2, 0.25) is 5.95 Å². The summed E-state index contributed by atoms with van der Waals surface area (Å²) < 4.78 is 12.2. The fourth-order valence-corrected chi connectivity index (χ4v) is 2.07. The number of ether oxygens (including phenoxy) is 1. The highest BCUT2D eigenvalue weighted by atomic mass is 16.5. The van der Waals surface area contributed by atoms with Gasteiger partial charge in [0, 0.05) is 12.1 Å². The van der Waals surface area contributed by atoms with E-state index in [1.54, 1.807) is 7.11 Å². The molecule has 0 aliphatic carbocycles. The molecule has 0 saturated carbocycles. The summed E-state index contributed by atoms with van der Waals surface area (Å²) in [6.45, 7) is 2.38. The topological polar surface area (TPSA) is 79.1 Å². The zero-order valence-corrected chi connectivity index (χ0v) is 10.8. The van der Waals surface area contributed by atoms with E-state index in [1.807, 2.05) is 35.8 Å². The van der Waals surface area contributed by atoms with Gasteiger partial charge in [0.15, 0.2) is 0 Å². The molecule has 3 aromatic rings. The van der Waals surface area contributed by atoms with Crippen molar-refractivity contribution in [3.05, 3.63) is 35.7 Å². The Morgan fingerprint density at radius 3 is 2.89 bits per heavy atom. The molecular weight excluding hydrogens is 244 g/mol. The van der Waals surface area contributed by atoms with Crippen LogP contribution in [0.3, 0.4) is 0 Å². The van der Waals surface area contributed by atoms with Crippen molar-refractivity contribution in [1.82, 2.24) is 14.7 Å². The van der Waals surface area contributed by atoms with Crippen molar-refractivity contribution >= 4 is 17.0 Å². The molecule has 0 aliphatic heterocycles. The molecule has 0 spiro atoms. The largest absolute Gasteiger partial charge is 0.497 e. The predicted octanol–water partition coefficient (Wildman–Crippen LogP) is 1.97. The number of aromatic nitrogens is 3. The number of benzene rings is 1. The number of nitrogens with zero attached hydrogens (tertiary/aromatic N) is 3. The highest BCUT2D eigenvalue weighted by Crippen LogP contribution is 2.23. The zero-order chi connectivity index (χ0) is 13.4. The Morgan fingerprint density at radius 2 is 2.21 bits per heavy atom. The fourth-order valence-electron chi connectivity index (χ4n) is 2.07. The summed E-state index contributed by atoms with van der Waals surface area (Å²) in [4.78, 5) is 4.32. The summed E-state index contributed by atoms with van der Waals surface area (Å²) in [5.41, 5.74) is 8.51. The summed E-state index contributed by atoms with van der Waals surface area (Å²) in [5, 5.41) is 3.97. The number of hydrogen-bond donors (Lipinski definition) is 1. The number of methoxy groups -OCH3 is 1. The van der Waals surface area contributed by atoms with E-state index in [0.717, 1.165) is 28.2 Å². The number of nitrogens with two attached hydrogens (primary N) is 1. The van der Waals surface area contributed by atoms with Crippen LogP contribution in [0.5, 0.6) is 5.75 Å². The van der Waals surface area contributed by atoms with Crippen LogP contribution < -0.4 is 10.5 Å². The zero-order valence-electron chi connectivity index (χ0n) is 10.8. The lowest BCUT2D eigenvalue weighted by Gasteiger charge is -2.04. The SMILES string of the molecule is COc1ccc2nc(N)n(Cc3cc(C)on3)c2c1. The van der Waals surface area contributed by atoms with Gasteiger partial charge in [-0.05, 0) is 19.1 Å². The van der Waals surface area contributed by atoms with Crippen molar-refractivity contribution in [2.75, 3.05) is 12.8 Å². The van der Waals surface area contributed by atoms with Gasteiger partial charge in [-0.15, -0.1) is 0 Å². The van der Waals surface area contributed by atoms with Gasteiger partial charge in [-0.1, -0.05) is 5.16 Å². The van der Waals surface area contributed by atoms with Gasteiger partial charge < -0.3 is 19.6 Å². The molecule has 0 saturated heterocycles. The van der Waals surface area contributed by atoms with Crippen molar-refractivity contribution in [1.29, 1.82) is 0 Å². The van der Waals surface area contributed by atoms with Crippen molar-refractivity contribution < 1.29 is 9.26 Å². The molecule has 2 heterocycles. The van der Waals surface area contributed by atoms with Crippen LogP contribution in [-0.2, 0) is 6.54 Å². The third kappa shape index (κ3) is 2.01. The fraction of sp³-hybridized carbons (Fsp3) is 0.231.